The van der Waals surface area contributed by atoms with Gasteiger partial charge in [0.25, 0.3) is 0 Å². The maximum Gasteiger partial charge on any atom is 0.573 e. The molecule has 0 bridgehead atoms. The molecule has 146 valence electrons. The highest BCUT2D eigenvalue weighted by Crippen LogP contribution is 2.31. The number of hydrogen-bond acceptors (Lipinski definition) is 3. The smallest absolute Gasteiger partial charge is 0.493 e. The fourth-order valence-electron chi connectivity index (χ4n) is 2.75. The zero-order valence-electron chi connectivity index (χ0n) is 14.2. The zero-order chi connectivity index (χ0) is 18.6. The summed E-state index contributed by atoms with van der Waals surface area (Å²) in [5.74, 6) is 0.648. The molecule has 1 atom stereocenters. The molecule has 0 amide bonds. The molecule has 0 saturated heterocycles. The highest BCUT2D eigenvalue weighted by Gasteiger charge is 2.32. The summed E-state index contributed by atoms with van der Waals surface area (Å²) in [6.07, 6.45) is -4.05. The van der Waals surface area contributed by atoms with Crippen molar-refractivity contribution in [3.8, 4) is 11.5 Å². The van der Waals surface area contributed by atoms with Gasteiger partial charge in [-0.05, 0) is 12.1 Å². The number of benzene rings is 2. The topological polar surface area (TPSA) is 68.9 Å². The predicted octanol–water partition coefficient (Wildman–Crippen LogP) is 4.13. The Morgan fingerprint density at radius 3 is 2.67 bits per heavy atom. The van der Waals surface area contributed by atoms with E-state index in [0.717, 1.165) is 11.3 Å². The molecule has 1 unspecified atom stereocenters. The molecule has 3 rings (SSSR count). The van der Waals surface area contributed by atoms with Gasteiger partial charge in [0.1, 0.15) is 11.5 Å². The normalized spacial score (nSPS) is 16.6. The Balaban J connectivity index is 0.00000261. The molecule has 1 aliphatic rings. The lowest BCUT2D eigenvalue weighted by Gasteiger charge is -2.27. The molecule has 1 heterocycles. The molecule has 0 fully saturated rings. The average Bonchev–Trinajstić information content (AvgIpc) is 2.60. The summed E-state index contributed by atoms with van der Waals surface area (Å²) in [6.45, 7) is 0.514. The van der Waals surface area contributed by atoms with Gasteiger partial charge in [-0.3, -0.25) is 0 Å². The summed E-state index contributed by atoms with van der Waals surface area (Å²) < 4.78 is 47.0. The number of hydrogen-bond donors (Lipinski definition) is 2. The molecular formula is C18H19F3IN3O2. The van der Waals surface area contributed by atoms with Crippen LogP contribution in [0.2, 0.25) is 0 Å². The molecule has 2 aromatic carbocycles. The standard InChI is InChI=1S/C18H18F3N3O2.HI/c19-18(20,21)26-15-7-3-1-5-12(15)11-23-17(22)24-14-9-10-25-16-8-4-2-6-13(14)16;/h1-8,14H,9-11H2,(H3,22,23,24);1H. The van der Waals surface area contributed by atoms with Crippen LogP contribution in [0.1, 0.15) is 23.6 Å². The van der Waals surface area contributed by atoms with Gasteiger partial charge in [0.05, 0.1) is 19.2 Å². The van der Waals surface area contributed by atoms with Gasteiger partial charge in [-0.15, -0.1) is 37.1 Å². The number of nitrogens with two attached hydrogens (primary N) is 1. The molecule has 0 aliphatic carbocycles. The minimum atomic E-state index is -4.75. The Morgan fingerprint density at radius 2 is 1.89 bits per heavy atom. The van der Waals surface area contributed by atoms with Gasteiger partial charge < -0.3 is 20.5 Å². The van der Waals surface area contributed by atoms with Gasteiger partial charge in [-0.25, -0.2) is 4.99 Å². The van der Waals surface area contributed by atoms with Crippen molar-refractivity contribution in [2.24, 2.45) is 10.7 Å². The third-order valence-electron chi connectivity index (χ3n) is 3.90. The quantitative estimate of drug-likeness (QED) is 0.382. The van der Waals surface area contributed by atoms with Crippen LogP contribution in [0.25, 0.3) is 0 Å². The maximum absolute atomic E-state index is 12.5. The van der Waals surface area contributed by atoms with Crippen molar-refractivity contribution in [1.29, 1.82) is 0 Å². The molecule has 0 radical (unpaired) electrons. The molecule has 9 heteroatoms. The van der Waals surface area contributed by atoms with Crippen molar-refractivity contribution in [1.82, 2.24) is 5.32 Å². The van der Waals surface area contributed by atoms with E-state index in [9.17, 15) is 13.2 Å². The van der Waals surface area contributed by atoms with Gasteiger partial charge in [0.15, 0.2) is 5.96 Å². The van der Waals surface area contributed by atoms with Crippen LogP contribution in [0.5, 0.6) is 11.5 Å². The van der Waals surface area contributed by atoms with Gasteiger partial charge in [-0.1, -0.05) is 36.4 Å². The summed E-state index contributed by atoms with van der Waals surface area (Å²) in [5, 5.41) is 3.10. The van der Waals surface area contributed by atoms with E-state index in [2.05, 4.69) is 15.0 Å². The van der Waals surface area contributed by atoms with Crippen molar-refractivity contribution in [3.63, 3.8) is 0 Å². The molecule has 2 aromatic rings. The van der Waals surface area contributed by atoms with Crippen molar-refractivity contribution in [3.05, 3.63) is 59.7 Å². The van der Waals surface area contributed by atoms with Gasteiger partial charge in [-0.2, -0.15) is 0 Å². The van der Waals surface area contributed by atoms with E-state index >= 15 is 0 Å². The molecule has 0 aromatic heterocycles. The number of aliphatic imine (C=N–C) groups is 1. The van der Waals surface area contributed by atoms with Crippen LogP contribution in [0.15, 0.2) is 53.5 Å². The van der Waals surface area contributed by atoms with Crippen LogP contribution in [0.4, 0.5) is 13.2 Å². The first-order valence-corrected chi connectivity index (χ1v) is 8.04. The van der Waals surface area contributed by atoms with Gasteiger partial charge in [0.2, 0.25) is 0 Å². The van der Waals surface area contributed by atoms with Crippen molar-refractivity contribution >= 4 is 29.9 Å². The Kier molecular flexibility index (Phi) is 7.17. The van der Waals surface area contributed by atoms with E-state index in [4.69, 9.17) is 10.5 Å². The number of halogens is 4. The average molecular weight is 493 g/mol. The van der Waals surface area contributed by atoms with Crippen LogP contribution in [-0.2, 0) is 6.54 Å². The summed E-state index contributed by atoms with van der Waals surface area (Å²) >= 11 is 0. The number of nitrogens with one attached hydrogen (secondary N) is 1. The molecule has 27 heavy (non-hydrogen) atoms. The molecular weight excluding hydrogens is 474 g/mol. The highest BCUT2D eigenvalue weighted by molar-refractivity contribution is 14.0. The number of nitrogens with zero attached hydrogens (tertiary/aromatic N) is 1. The van der Waals surface area contributed by atoms with E-state index in [1.807, 2.05) is 24.3 Å². The SMILES string of the molecule is I.NC(=NCc1ccccc1OC(F)(F)F)NC1CCOc2ccccc21. The van der Waals surface area contributed by atoms with Gasteiger partial charge >= 0.3 is 6.36 Å². The second-order valence-corrected chi connectivity index (χ2v) is 5.73. The Hall–Kier alpha value is -2.17. The molecule has 0 saturated carbocycles. The van der Waals surface area contributed by atoms with E-state index in [-0.39, 0.29) is 48.3 Å². The van der Waals surface area contributed by atoms with E-state index in [1.165, 1.54) is 18.2 Å². The second kappa shape index (κ2) is 9.16. The number of ether oxygens (including phenoxy) is 2. The first-order chi connectivity index (χ1) is 12.4. The summed E-state index contributed by atoms with van der Waals surface area (Å²) in [5.41, 5.74) is 7.19. The fraction of sp³-hybridized carbons (Fsp3) is 0.278. The van der Waals surface area contributed by atoms with E-state index in [0.29, 0.717) is 18.6 Å². The summed E-state index contributed by atoms with van der Waals surface area (Å²) in [6, 6.07) is 13.4. The number of fused-ring (bicyclic) bond motifs is 1. The Labute approximate surface area is 171 Å². The summed E-state index contributed by atoms with van der Waals surface area (Å²) in [7, 11) is 0. The van der Waals surface area contributed by atoms with Crippen molar-refractivity contribution < 1.29 is 22.6 Å². The summed E-state index contributed by atoms with van der Waals surface area (Å²) in [4.78, 5) is 4.15. The first-order valence-electron chi connectivity index (χ1n) is 8.04. The Morgan fingerprint density at radius 1 is 1.19 bits per heavy atom. The first kappa shape index (κ1) is 21.1. The lowest BCUT2D eigenvalue weighted by molar-refractivity contribution is -0.274. The lowest BCUT2D eigenvalue weighted by Crippen LogP contribution is -2.37. The minimum absolute atomic E-state index is 0. The van der Waals surface area contributed by atoms with Crippen LogP contribution >= 0.6 is 24.0 Å². The number of guanidine groups is 1. The lowest BCUT2D eigenvalue weighted by atomic mass is 10.0. The molecule has 1 aliphatic heterocycles. The van der Waals surface area contributed by atoms with Crippen molar-refractivity contribution in [2.75, 3.05) is 6.61 Å². The van der Waals surface area contributed by atoms with E-state index < -0.39 is 6.36 Å². The van der Waals surface area contributed by atoms with E-state index in [1.54, 1.807) is 6.07 Å². The Bertz CT molecular complexity index is 799. The monoisotopic (exact) mass is 493 g/mol. The third kappa shape index (κ3) is 5.91. The van der Waals surface area contributed by atoms with Crippen molar-refractivity contribution in [2.45, 2.75) is 25.4 Å². The van der Waals surface area contributed by atoms with Crippen LogP contribution in [0.3, 0.4) is 0 Å². The molecule has 3 N–H and O–H groups in total. The maximum atomic E-state index is 12.5. The van der Waals surface area contributed by atoms with Crippen LogP contribution in [0, 0.1) is 0 Å². The van der Waals surface area contributed by atoms with Crippen LogP contribution in [-0.4, -0.2) is 18.9 Å². The number of alkyl halides is 3. The largest absolute Gasteiger partial charge is 0.573 e. The third-order valence-corrected chi connectivity index (χ3v) is 3.90. The molecule has 0 spiro atoms. The second-order valence-electron chi connectivity index (χ2n) is 5.73. The van der Waals surface area contributed by atoms with Gasteiger partial charge in [0, 0.05) is 17.5 Å². The van der Waals surface area contributed by atoms with Crippen LogP contribution < -0.4 is 20.5 Å². The number of para-hydroxylation sites is 2. The zero-order valence-corrected chi connectivity index (χ0v) is 16.5. The molecule has 5 nitrogen and oxygen atoms in total. The fourth-order valence-corrected chi connectivity index (χ4v) is 2.75. The number of rotatable bonds is 4. The highest BCUT2D eigenvalue weighted by atomic mass is 127. The minimum Gasteiger partial charge on any atom is -0.493 e. The predicted molar refractivity (Wildman–Crippen MR) is 106 cm³/mol.